The zero-order valence-electron chi connectivity index (χ0n) is 10.00. The second-order valence-electron chi connectivity index (χ2n) is 5.01. The molecule has 0 aromatic rings. The van der Waals surface area contributed by atoms with Crippen molar-refractivity contribution in [3.05, 3.63) is 0 Å². The standard InChI is InChI=1S/C12H22N2O2/c1-9(10-6-7-16-8-10)13-12(15)14-11-4-2-3-5-11/h9-11H,2-8H2,1H3,(H2,13,14,15). The summed E-state index contributed by atoms with van der Waals surface area (Å²) in [6.07, 6.45) is 5.82. The molecule has 1 saturated carbocycles. The summed E-state index contributed by atoms with van der Waals surface area (Å²) < 4.78 is 5.32. The zero-order chi connectivity index (χ0) is 11.4. The van der Waals surface area contributed by atoms with E-state index in [0.717, 1.165) is 32.5 Å². The summed E-state index contributed by atoms with van der Waals surface area (Å²) in [5, 5.41) is 6.06. The fourth-order valence-corrected chi connectivity index (χ4v) is 2.57. The van der Waals surface area contributed by atoms with Crippen molar-refractivity contribution in [1.82, 2.24) is 10.6 Å². The van der Waals surface area contributed by atoms with Crippen molar-refractivity contribution in [2.24, 2.45) is 5.92 Å². The van der Waals surface area contributed by atoms with Crippen molar-refractivity contribution in [2.45, 2.75) is 51.1 Å². The molecule has 0 aromatic carbocycles. The van der Waals surface area contributed by atoms with Crippen LogP contribution in [0, 0.1) is 5.92 Å². The van der Waals surface area contributed by atoms with Gasteiger partial charge in [-0.15, -0.1) is 0 Å². The van der Waals surface area contributed by atoms with Crippen LogP contribution in [-0.2, 0) is 4.74 Å². The lowest BCUT2D eigenvalue weighted by Crippen LogP contribution is -2.47. The smallest absolute Gasteiger partial charge is 0.315 e. The number of carbonyl (C=O) groups is 1. The molecule has 2 unspecified atom stereocenters. The monoisotopic (exact) mass is 226 g/mol. The van der Waals surface area contributed by atoms with E-state index in [-0.39, 0.29) is 12.1 Å². The summed E-state index contributed by atoms with van der Waals surface area (Å²) in [6, 6.07) is 0.599. The van der Waals surface area contributed by atoms with Crippen LogP contribution < -0.4 is 10.6 Å². The van der Waals surface area contributed by atoms with Crippen LogP contribution >= 0.6 is 0 Å². The fourth-order valence-electron chi connectivity index (χ4n) is 2.57. The van der Waals surface area contributed by atoms with E-state index in [1.54, 1.807) is 0 Å². The van der Waals surface area contributed by atoms with Crippen molar-refractivity contribution < 1.29 is 9.53 Å². The van der Waals surface area contributed by atoms with Crippen LogP contribution in [0.3, 0.4) is 0 Å². The maximum Gasteiger partial charge on any atom is 0.315 e. The first-order chi connectivity index (χ1) is 7.75. The van der Waals surface area contributed by atoms with Gasteiger partial charge in [0, 0.05) is 24.6 Å². The van der Waals surface area contributed by atoms with E-state index < -0.39 is 0 Å². The summed E-state index contributed by atoms with van der Waals surface area (Å²) in [7, 11) is 0. The van der Waals surface area contributed by atoms with Crippen molar-refractivity contribution in [2.75, 3.05) is 13.2 Å². The molecule has 1 heterocycles. The minimum Gasteiger partial charge on any atom is -0.381 e. The maximum absolute atomic E-state index is 11.7. The van der Waals surface area contributed by atoms with Gasteiger partial charge in [-0.2, -0.15) is 0 Å². The van der Waals surface area contributed by atoms with E-state index in [2.05, 4.69) is 17.6 Å². The molecule has 0 aromatic heterocycles. The Labute approximate surface area is 97.1 Å². The second-order valence-corrected chi connectivity index (χ2v) is 5.01. The number of ether oxygens (including phenoxy) is 1. The molecule has 1 aliphatic heterocycles. The van der Waals surface area contributed by atoms with Gasteiger partial charge >= 0.3 is 6.03 Å². The average molecular weight is 226 g/mol. The van der Waals surface area contributed by atoms with Gasteiger partial charge in [0.1, 0.15) is 0 Å². The molecular weight excluding hydrogens is 204 g/mol. The van der Waals surface area contributed by atoms with Gasteiger partial charge in [0.15, 0.2) is 0 Å². The van der Waals surface area contributed by atoms with Gasteiger partial charge in [-0.1, -0.05) is 12.8 Å². The minimum atomic E-state index is -0.00806. The number of nitrogens with one attached hydrogen (secondary N) is 2. The predicted octanol–water partition coefficient (Wildman–Crippen LogP) is 1.65. The Morgan fingerprint density at radius 2 is 2.06 bits per heavy atom. The molecule has 4 heteroatoms. The molecule has 92 valence electrons. The lowest BCUT2D eigenvalue weighted by atomic mass is 10.0. The Hall–Kier alpha value is -0.770. The number of hydrogen-bond acceptors (Lipinski definition) is 2. The van der Waals surface area contributed by atoms with Crippen LogP contribution in [0.15, 0.2) is 0 Å². The van der Waals surface area contributed by atoms with Crippen molar-refractivity contribution >= 4 is 6.03 Å². The summed E-state index contributed by atoms with van der Waals surface area (Å²) in [5.74, 6) is 0.481. The molecule has 1 saturated heterocycles. The van der Waals surface area contributed by atoms with Crippen molar-refractivity contribution in [1.29, 1.82) is 0 Å². The number of rotatable bonds is 3. The van der Waals surface area contributed by atoms with E-state index >= 15 is 0 Å². The van der Waals surface area contributed by atoms with Gasteiger partial charge in [-0.25, -0.2) is 4.79 Å². The molecular formula is C12H22N2O2. The molecule has 2 atom stereocenters. The topological polar surface area (TPSA) is 50.4 Å². The van der Waals surface area contributed by atoms with E-state index in [0.29, 0.717) is 12.0 Å². The molecule has 2 amide bonds. The van der Waals surface area contributed by atoms with Gasteiger partial charge in [0.25, 0.3) is 0 Å². The Balaban J connectivity index is 1.68. The molecule has 0 bridgehead atoms. The molecule has 4 nitrogen and oxygen atoms in total. The molecule has 2 rings (SSSR count). The summed E-state index contributed by atoms with van der Waals surface area (Å²) in [5.41, 5.74) is 0. The van der Waals surface area contributed by atoms with E-state index in [1.165, 1.54) is 12.8 Å². The van der Waals surface area contributed by atoms with Crippen LogP contribution in [0.2, 0.25) is 0 Å². The Morgan fingerprint density at radius 3 is 2.69 bits per heavy atom. The summed E-state index contributed by atoms with van der Waals surface area (Å²) in [6.45, 7) is 3.68. The van der Waals surface area contributed by atoms with Crippen molar-refractivity contribution in [3.8, 4) is 0 Å². The van der Waals surface area contributed by atoms with Gasteiger partial charge in [-0.05, 0) is 26.2 Å². The highest BCUT2D eigenvalue weighted by atomic mass is 16.5. The average Bonchev–Trinajstić information content (AvgIpc) is 2.88. The highest BCUT2D eigenvalue weighted by Crippen LogP contribution is 2.18. The molecule has 2 N–H and O–H groups in total. The van der Waals surface area contributed by atoms with E-state index in [9.17, 15) is 4.79 Å². The first kappa shape index (κ1) is 11.7. The number of carbonyl (C=O) groups excluding carboxylic acids is 1. The summed E-state index contributed by atoms with van der Waals surface area (Å²) >= 11 is 0. The largest absolute Gasteiger partial charge is 0.381 e. The lowest BCUT2D eigenvalue weighted by molar-refractivity contribution is 0.177. The lowest BCUT2D eigenvalue weighted by Gasteiger charge is -2.21. The summed E-state index contributed by atoms with van der Waals surface area (Å²) in [4.78, 5) is 11.7. The highest BCUT2D eigenvalue weighted by Gasteiger charge is 2.24. The molecule has 0 spiro atoms. The molecule has 2 aliphatic rings. The van der Waals surface area contributed by atoms with Crippen LogP contribution in [0.1, 0.15) is 39.0 Å². The predicted molar refractivity (Wildman–Crippen MR) is 62.3 cm³/mol. The zero-order valence-corrected chi connectivity index (χ0v) is 10.00. The Kier molecular flexibility index (Phi) is 4.04. The second kappa shape index (κ2) is 5.53. The van der Waals surface area contributed by atoms with E-state index in [4.69, 9.17) is 4.74 Å². The SMILES string of the molecule is CC(NC(=O)NC1CCCC1)C1CCOC1. The molecule has 1 aliphatic carbocycles. The third kappa shape index (κ3) is 3.11. The third-order valence-corrected chi connectivity index (χ3v) is 3.72. The Bertz CT molecular complexity index is 233. The minimum absolute atomic E-state index is 0.00806. The first-order valence-corrected chi connectivity index (χ1v) is 6.40. The van der Waals surface area contributed by atoms with Crippen LogP contribution in [0.5, 0.6) is 0 Å². The first-order valence-electron chi connectivity index (χ1n) is 6.40. The van der Waals surface area contributed by atoms with Crippen molar-refractivity contribution in [3.63, 3.8) is 0 Å². The van der Waals surface area contributed by atoms with Gasteiger partial charge < -0.3 is 15.4 Å². The Morgan fingerprint density at radius 1 is 1.31 bits per heavy atom. The number of hydrogen-bond donors (Lipinski definition) is 2. The van der Waals surface area contributed by atoms with E-state index in [1.807, 2.05) is 0 Å². The number of amides is 2. The van der Waals surface area contributed by atoms with Crippen LogP contribution in [-0.4, -0.2) is 31.3 Å². The van der Waals surface area contributed by atoms with Crippen LogP contribution in [0.25, 0.3) is 0 Å². The fraction of sp³-hybridized carbons (Fsp3) is 0.917. The third-order valence-electron chi connectivity index (χ3n) is 3.72. The quantitative estimate of drug-likeness (QED) is 0.769. The molecule has 2 fully saturated rings. The van der Waals surface area contributed by atoms with Gasteiger partial charge in [-0.3, -0.25) is 0 Å². The van der Waals surface area contributed by atoms with Gasteiger partial charge in [0.2, 0.25) is 0 Å². The normalized spacial score (nSPS) is 27.9. The maximum atomic E-state index is 11.7. The highest BCUT2D eigenvalue weighted by molar-refractivity contribution is 5.74. The number of urea groups is 1. The van der Waals surface area contributed by atoms with Gasteiger partial charge in [0.05, 0.1) is 6.61 Å². The molecule has 16 heavy (non-hydrogen) atoms. The molecule has 0 radical (unpaired) electrons. The van der Waals surface area contributed by atoms with Crippen LogP contribution in [0.4, 0.5) is 4.79 Å².